The van der Waals surface area contributed by atoms with Crippen molar-refractivity contribution in [2.75, 3.05) is 6.54 Å². The zero-order valence-electron chi connectivity index (χ0n) is 8.10. The van der Waals surface area contributed by atoms with Crippen LogP contribution in [0.25, 0.3) is 10.9 Å². The number of H-pyrrole nitrogens is 1. The number of benzene rings is 1. The summed E-state index contributed by atoms with van der Waals surface area (Å²) in [6, 6.07) is 7.42. The number of nitrogens with two attached hydrogens (primary N) is 1. The Hall–Kier alpha value is -1.81. The number of hydrogen-bond donors (Lipinski definition) is 3. The Balaban J connectivity index is 2.59. The zero-order valence-corrected chi connectivity index (χ0v) is 8.10. The average Bonchev–Trinajstić information content (AvgIpc) is 2.66. The normalized spacial score (nSPS) is 12.9. The second-order valence-electron chi connectivity index (χ2n) is 3.41. The van der Waals surface area contributed by atoms with E-state index < -0.39 is 11.9 Å². The Morgan fingerprint density at radius 1 is 1.47 bits per heavy atom. The number of carboxylic acids is 1. The van der Waals surface area contributed by atoms with Gasteiger partial charge in [0.05, 0.1) is 5.92 Å². The van der Waals surface area contributed by atoms with Gasteiger partial charge < -0.3 is 15.8 Å². The Kier molecular flexibility index (Phi) is 2.43. The van der Waals surface area contributed by atoms with Crippen LogP contribution in [0.4, 0.5) is 0 Å². The Labute approximate surface area is 86.7 Å². The molecule has 1 atom stereocenters. The number of aromatic nitrogens is 1. The van der Waals surface area contributed by atoms with Crippen LogP contribution >= 0.6 is 0 Å². The van der Waals surface area contributed by atoms with Crippen molar-refractivity contribution in [1.29, 1.82) is 0 Å². The molecule has 1 unspecified atom stereocenters. The Bertz CT molecular complexity index is 490. The number of rotatable bonds is 3. The lowest BCUT2D eigenvalue weighted by Crippen LogP contribution is -2.21. The molecule has 0 saturated heterocycles. The smallest absolute Gasteiger partial charge is 0.312 e. The lowest BCUT2D eigenvalue weighted by atomic mass is 9.96. The van der Waals surface area contributed by atoms with Crippen LogP contribution in [0, 0.1) is 0 Å². The van der Waals surface area contributed by atoms with Crippen molar-refractivity contribution in [3.8, 4) is 0 Å². The standard InChI is InChI=1S/C11H12N2O2/c12-6-9(11(14)15)7-2-1-3-10-8(7)4-5-13-10/h1-5,9,13H,6,12H2,(H,14,15). The topological polar surface area (TPSA) is 79.1 Å². The first-order valence-corrected chi connectivity index (χ1v) is 4.73. The van der Waals surface area contributed by atoms with E-state index in [1.165, 1.54) is 0 Å². The molecule has 78 valence electrons. The van der Waals surface area contributed by atoms with Crippen LogP contribution in [0.1, 0.15) is 11.5 Å². The van der Waals surface area contributed by atoms with Gasteiger partial charge in [0.15, 0.2) is 0 Å². The van der Waals surface area contributed by atoms with Crippen LogP contribution in [0.5, 0.6) is 0 Å². The highest BCUT2D eigenvalue weighted by Gasteiger charge is 2.19. The van der Waals surface area contributed by atoms with Crippen molar-refractivity contribution in [2.45, 2.75) is 5.92 Å². The first-order valence-electron chi connectivity index (χ1n) is 4.73. The van der Waals surface area contributed by atoms with E-state index in [0.29, 0.717) is 0 Å². The molecule has 0 spiro atoms. The van der Waals surface area contributed by atoms with E-state index in [0.717, 1.165) is 16.5 Å². The van der Waals surface area contributed by atoms with Crippen LogP contribution in [-0.2, 0) is 4.79 Å². The first-order chi connectivity index (χ1) is 7.24. The van der Waals surface area contributed by atoms with Gasteiger partial charge in [-0.25, -0.2) is 0 Å². The summed E-state index contributed by atoms with van der Waals surface area (Å²) in [5.41, 5.74) is 7.18. The Morgan fingerprint density at radius 3 is 2.93 bits per heavy atom. The van der Waals surface area contributed by atoms with E-state index in [1.807, 2.05) is 24.3 Å². The molecule has 0 aliphatic carbocycles. The molecule has 2 rings (SSSR count). The molecule has 0 aliphatic rings. The number of carboxylic acid groups (broad SMARTS) is 1. The van der Waals surface area contributed by atoms with Crippen molar-refractivity contribution in [3.63, 3.8) is 0 Å². The molecule has 1 aromatic heterocycles. The quantitative estimate of drug-likeness (QED) is 0.705. The molecule has 4 N–H and O–H groups in total. The second-order valence-corrected chi connectivity index (χ2v) is 3.41. The maximum atomic E-state index is 11.0. The lowest BCUT2D eigenvalue weighted by molar-refractivity contribution is -0.138. The summed E-state index contributed by atoms with van der Waals surface area (Å²) in [5.74, 6) is -1.52. The highest BCUT2D eigenvalue weighted by Crippen LogP contribution is 2.24. The van der Waals surface area contributed by atoms with Crippen molar-refractivity contribution < 1.29 is 9.90 Å². The van der Waals surface area contributed by atoms with E-state index in [2.05, 4.69) is 4.98 Å². The Morgan fingerprint density at radius 2 is 2.27 bits per heavy atom. The zero-order chi connectivity index (χ0) is 10.8. The molecule has 0 fully saturated rings. The van der Waals surface area contributed by atoms with Crippen molar-refractivity contribution >= 4 is 16.9 Å². The van der Waals surface area contributed by atoms with Gasteiger partial charge in [-0.05, 0) is 17.7 Å². The monoisotopic (exact) mass is 204 g/mol. The van der Waals surface area contributed by atoms with Gasteiger partial charge in [-0.1, -0.05) is 12.1 Å². The molecule has 0 aliphatic heterocycles. The van der Waals surface area contributed by atoms with Gasteiger partial charge in [0, 0.05) is 23.6 Å². The second kappa shape index (κ2) is 3.74. The van der Waals surface area contributed by atoms with Crippen molar-refractivity contribution in [3.05, 3.63) is 36.0 Å². The summed E-state index contributed by atoms with van der Waals surface area (Å²) in [6.45, 7) is 0.111. The summed E-state index contributed by atoms with van der Waals surface area (Å²) < 4.78 is 0. The van der Waals surface area contributed by atoms with Crippen molar-refractivity contribution in [1.82, 2.24) is 4.98 Å². The van der Waals surface area contributed by atoms with Gasteiger partial charge in [0.25, 0.3) is 0 Å². The highest BCUT2D eigenvalue weighted by atomic mass is 16.4. The molecule has 4 nitrogen and oxygen atoms in total. The summed E-state index contributed by atoms with van der Waals surface area (Å²) in [6.07, 6.45) is 1.80. The minimum atomic E-state index is -0.883. The first kappa shape index (κ1) is 9.73. The number of nitrogens with one attached hydrogen (secondary N) is 1. The van der Waals surface area contributed by atoms with Gasteiger partial charge in [-0.2, -0.15) is 0 Å². The molecule has 2 aromatic rings. The maximum absolute atomic E-state index is 11.0. The SMILES string of the molecule is NCC(C(=O)O)c1cccc2[nH]ccc12. The van der Waals surface area contributed by atoms with E-state index in [-0.39, 0.29) is 6.54 Å². The van der Waals surface area contributed by atoms with E-state index in [9.17, 15) is 4.79 Å². The fraction of sp³-hybridized carbons (Fsp3) is 0.182. The third-order valence-electron chi connectivity index (χ3n) is 2.54. The summed E-state index contributed by atoms with van der Waals surface area (Å²) >= 11 is 0. The maximum Gasteiger partial charge on any atom is 0.312 e. The average molecular weight is 204 g/mol. The van der Waals surface area contributed by atoms with Crippen LogP contribution in [0.2, 0.25) is 0 Å². The third-order valence-corrected chi connectivity index (χ3v) is 2.54. The van der Waals surface area contributed by atoms with Gasteiger partial charge in [0.1, 0.15) is 0 Å². The fourth-order valence-electron chi connectivity index (χ4n) is 1.77. The van der Waals surface area contributed by atoms with Gasteiger partial charge in [-0.15, -0.1) is 0 Å². The molecule has 0 bridgehead atoms. The molecule has 1 aromatic carbocycles. The fourth-order valence-corrected chi connectivity index (χ4v) is 1.77. The molecule has 0 radical (unpaired) electrons. The van der Waals surface area contributed by atoms with Crippen LogP contribution in [0.3, 0.4) is 0 Å². The molecule has 0 saturated carbocycles. The molecule has 4 heteroatoms. The predicted molar refractivity (Wildman–Crippen MR) is 57.7 cm³/mol. The van der Waals surface area contributed by atoms with E-state index >= 15 is 0 Å². The van der Waals surface area contributed by atoms with E-state index in [4.69, 9.17) is 10.8 Å². The largest absolute Gasteiger partial charge is 0.481 e. The molecular formula is C11H12N2O2. The van der Waals surface area contributed by atoms with Crippen LogP contribution in [-0.4, -0.2) is 22.6 Å². The molecule has 0 amide bonds. The summed E-state index contributed by atoms with van der Waals surface area (Å²) in [7, 11) is 0. The molecule has 1 heterocycles. The number of hydrogen-bond acceptors (Lipinski definition) is 2. The van der Waals surface area contributed by atoms with Gasteiger partial charge in [-0.3, -0.25) is 4.79 Å². The van der Waals surface area contributed by atoms with Gasteiger partial charge >= 0.3 is 5.97 Å². The minimum absolute atomic E-state index is 0.111. The molecule has 15 heavy (non-hydrogen) atoms. The van der Waals surface area contributed by atoms with Crippen LogP contribution < -0.4 is 5.73 Å². The third kappa shape index (κ3) is 1.59. The minimum Gasteiger partial charge on any atom is -0.481 e. The highest BCUT2D eigenvalue weighted by molar-refractivity contribution is 5.89. The van der Waals surface area contributed by atoms with E-state index in [1.54, 1.807) is 6.20 Å². The summed E-state index contributed by atoms with van der Waals surface area (Å²) in [5, 5.41) is 9.96. The number of carbonyl (C=O) groups is 1. The van der Waals surface area contributed by atoms with Gasteiger partial charge in [0.2, 0.25) is 0 Å². The summed E-state index contributed by atoms with van der Waals surface area (Å²) in [4.78, 5) is 14.1. The predicted octanol–water partition coefficient (Wildman–Crippen LogP) is 1.29. The van der Waals surface area contributed by atoms with Crippen LogP contribution in [0.15, 0.2) is 30.5 Å². The number of aliphatic carboxylic acids is 1. The number of fused-ring (bicyclic) bond motifs is 1. The lowest BCUT2D eigenvalue weighted by Gasteiger charge is -2.10. The van der Waals surface area contributed by atoms with Crippen molar-refractivity contribution in [2.24, 2.45) is 5.73 Å². The number of aromatic amines is 1. The molecular weight excluding hydrogens is 192 g/mol.